The number of anilines is 1. The summed E-state index contributed by atoms with van der Waals surface area (Å²) in [4.78, 5) is 1.32. The van der Waals surface area contributed by atoms with Crippen LogP contribution in [0.15, 0.2) is 26.4 Å². The minimum atomic E-state index is -4.37. The normalized spacial score (nSPS) is 16.9. The van der Waals surface area contributed by atoms with Gasteiger partial charge in [-0.05, 0) is 17.7 Å². The molecule has 19 heavy (non-hydrogen) atoms. The number of sulfonamides is 2. The van der Waals surface area contributed by atoms with Crippen LogP contribution >= 0.6 is 11.6 Å². The third-order valence-corrected chi connectivity index (χ3v) is 5.33. The average Bonchev–Trinajstić information content (AvgIpc) is 2.27. The zero-order valence-corrected chi connectivity index (χ0v) is 11.4. The van der Waals surface area contributed by atoms with E-state index in [0.29, 0.717) is 0 Å². The van der Waals surface area contributed by atoms with Crippen LogP contribution in [0.25, 0.3) is 10.4 Å². The summed E-state index contributed by atoms with van der Waals surface area (Å²) in [7, 11) is -8.20. The second-order valence-corrected chi connectivity index (χ2v) is 7.12. The zero-order valence-electron chi connectivity index (χ0n) is 9.03. The number of nitrogens with one attached hydrogen (secondary N) is 2. The highest BCUT2D eigenvalue weighted by molar-refractivity contribution is 7.90. The van der Waals surface area contributed by atoms with Crippen LogP contribution in [0.5, 0.6) is 0 Å². The molecule has 9 nitrogen and oxygen atoms in total. The maximum atomic E-state index is 11.7. The Morgan fingerprint density at radius 1 is 1.42 bits per heavy atom. The number of hydrogen-bond donors (Lipinski definition) is 2. The average molecular weight is 324 g/mol. The standard InChI is InChI=1S/C7H6ClN5O4S2/c8-4-1-5-7(18(14,15)11-3-10-5)2-6(4)19(16,17)13-12-9/h1-2,10-11H,3H2. The Hall–Kier alpha value is -1.52. The van der Waals surface area contributed by atoms with Gasteiger partial charge in [0, 0.05) is 9.43 Å². The lowest BCUT2D eigenvalue weighted by atomic mass is 10.3. The third kappa shape index (κ3) is 2.46. The van der Waals surface area contributed by atoms with E-state index in [2.05, 4.69) is 19.5 Å². The van der Waals surface area contributed by atoms with Crippen molar-refractivity contribution in [3.63, 3.8) is 0 Å². The highest BCUT2D eigenvalue weighted by atomic mass is 35.5. The van der Waals surface area contributed by atoms with Gasteiger partial charge in [-0.3, -0.25) is 0 Å². The molecule has 1 aromatic rings. The van der Waals surface area contributed by atoms with Gasteiger partial charge in [0.25, 0.3) is 10.0 Å². The van der Waals surface area contributed by atoms with Gasteiger partial charge < -0.3 is 5.32 Å². The molecule has 0 aliphatic carbocycles. The second kappa shape index (κ2) is 4.54. The first-order chi connectivity index (χ1) is 8.78. The summed E-state index contributed by atoms with van der Waals surface area (Å²) in [5.74, 6) is 0. The monoisotopic (exact) mass is 323 g/mol. The van der Waals surface area contributed by atoms with Crippen molar-refractivity contribution in [2.24, 2.45) is 4.52 Å². The van der Waals surface area contributed by atoms with Crippen molar-refractivity contribution in [1.82, 2.24) is 4.72 Å². The fourth-order valence-corrected chi connectivity index (χ4v) is 3.89. The summed E-state index contributed by atoms with van der Waals surface area (Å²) in [6.07, 6.45) is 0. The molecular weight excluding hydrogens is 318 g/mol. The molecule has 1 aliphatic rings. The van der Waals surface area contributed by atoms with Crippen LogP contribution in [0.1, 0.15) is 0 Å². The van der Waals surface area contributed by atoms with Gasteiger partial charge in [0.05, 0.1) is 22.3 Å². The van der Waals surface area contributed by atoms with E-state index in [0.717, 1.165) is 12.1 Å². The molecule has 0 spiro atoms. The summed E-state index contributed by atoms with van der Waals surface area (Å²) in [6, 6.07) is 1.99. The predicted octanol–water partition coefficient (Wildman–Crippen LogP) is 1.00. The number of fused-ring (bicyclic) bond motifs is 1. The van der Waals surface area contributed by atoms with Gasteiger partial charge in [0.1, 0.15) is 4.90 Å². The van der Waals surface area contributed by atoms with E-state index in [1.54, 1.807) is 0 Å². The first kappa shape index (κ1) is 13.9. The van der Waals surface area contributed by atoms with E-state index in [1.807, 2.05) is 0 Å². The molecule has 0 amide bonds. The number of azide groups is 1. The van der Waals surface area contributed by atoms with E-state index in [9.17, 15) is 16.8 Å². The molecule has 1 aliphatic heterocycles. The number of nitrogens with zero attached hydrogens (tertiary/aromatic N) is 3. The number of halogens is 1. The van der Waals surface area contributed by atoms with Gasteiger partial charge in [-0.1, -0.05) is 11.6 Å². The topological polar surface area (TPSA) is 141 Å². The molecule has 1 heterocycles. The molecule has 2 rings (SSSR count). The molecule has 102 valence electrons. The van der Waals surface area contributed by atoms with Crippen LogP contribution in [0.3, 0.4) is 0 Å². The fourth-order valence-electron chi connectivity index (χ4n) is 1.49. The summed E-state index contributed by atoms with van der Waals surface area (Å²) in [6.45, 7) is -0.0336. The Morgan fingerprint density at radius 3 is 2.74 bits per heavy atom. The Bertz CT molecular complexity index is 797. The fraction of sp³-hybridized carbons (Fsp3) is 0.143. The maximum Gasteiger partial charge on any atom is 0.265 e. The van der Waals surface area contributed by atoms with Crippen LogP contribution in [-0.4, -0.2) is 23.5 Å². The smallest absolute Gasteiger partial charge is 0.265 e. The van der Waals surface area contributed by atoms with Gasteiger partial charge >= 0.3 is 0 Å². The summed E-state index contributed by atoms with van der Waals surface area (Å²) >= 11 is 5.76. The molecule has 0 unspecified atom stereocenters. The molecule has 0 saturated heterocycles. The van der Waals surface area contributed by atoms with E-state index >= 15 is 0 Å². The molecule has 1 aromatic carbocycles. The van der Waals surface area contributed by atoms with Crippen molar-refractivity contribution in [2.75, 3.05) is 12.0 Å². The molecule has 0 bridgehead atoms. The lowest BCUT2D eigenvalue weighted by molar-refractivity contribution is 0.581. The van der Waals surface area contributed by atoms with Crippen LogP contribution in [0, 0.1) is 0 Å². The summed E-state index contributed by atoms with van der Waals surface area (Å²) in [5.41, 5.74) is 8.36. The Kier molecular flexibility index (Phi) is 3.32. The molecule has 0 fully saturated rings. The SMILES string of the molecule is [N-]=[N+]=NS(=O)(=O)c1cc2c(cc1Cl)NCNS2(=O)=O. The van der Waals surface area contributed by atoms with Crippen LogP contribution < -0.4 is 10.0 Å². The number of hydrogen-bond acceptors (Lipinski definition) is 5. The molecular formula is C7H6ClN5O4S2. The predicted molar refractivity (Wildman–Crippen MR) is 66.6 cm³/mol. The van der Waals surface area contributed by atoms with Crippen LogP contribution in [-0.2, 0) is 20.0 Å². The number of benzene rings is 1. The molecule has 2 N–H and O–H groups in total. The van der Waals surface area contributed by atoms with Crippen molar-refractivity contribution in [1.29, 1.82) is 0 Å². The summed E-state index contributed by atoms with van der Waals surface area (Å²) in [5, 5.41) is 2.46. The van der Waals surface area contributed by atoms with Crippen LogP contribution in [0.4, 0.5) is 5.69 Å². The van der Waals surface area contributed by atoms with Crippen molar-refractivity contribution in [3.8, 4) is 0 Å². The minimum absolute atomic E-state index is 0.0336. The molecule has 0 aromatic heterocycles. The Morgan fingerprint density at radius 2 is 2.11 bits per heavy atom. The van der Waals surface area contributed by atoms with Crippen molar-refractivity contribution < 1.29 is 16.8 Å². The third-order valence-electron chi connectivity index (χ3n) is 2.29. The lowest BCUT2D eigenvalue weighted by Crippen LogP contribution is -2.34. The Balaban J connectivity index is 2.78. The quantitative estimate of drug-likeness (QED) is 0.474. The van der Waals surface area contributed by atoms with E-state index < -0.39 is 24.9 Å². The Labute approximate surface area is 113 Å². The first-order valence-corrected chi connectivity index (χ1v) is 7.96. The highest BCUT2D eigenvalue weighted by Gasteiger charge is 2.27. The lowest BCUT2D eigenvalue weighted by Gasteiger charge is -2.20. The second-order valence-electron chi connectivity index (χ2n) is 3.43. The van der Waals surface area contributed by atoms with Crippen molar-refractivity contribution >= 4 is 37.3 Å². The largest absolute Gasteiger partial charge is 0.370 e. The van der Waals surface area contributed by atoms with Gasteiger partial charge in [-0.15, -0.1) is 0 Å². The summed E-state index contributed by atoms with van der Waals surface area (Å²) < 4.78 is 51.5. The van der Waals surface area contributed by atoms with E-state index in [-0.39, 0.29) is 22.3 Å². The zero-order chi connectivity index (χ0) is 14.3. The molecule has 0 atom stereocenters. The van der Waals surface area contributed by atoms with Crippen molar-refractivity contribution in [2.45, 2.75) is 9.79 Å². The van der Waals surface area contributed by atoms with Crippen LogP contribution in [0.2, 0.25) is 5.02 Å². The molecule has 12 heteroatoms. The molecule has 0 radical (unpaired) electrons. The first-order valence-electron chi connectivity index (χ1n) is 4.66. The van der Waals surface area contributed by atoms with Gasteiger partial charge in [-0.25, -0.2) is 16.8 Å². The number of rotatable bonds is 2. The molecule has 0 saturated carbocycles. The van der Waals surface area contributed by atoms with Gasteiger partial charge in [0.15, 0.2) is 0 Å². The minimum Gasteiger partial charge on any atom is -0.370 e. The maximum absolute atomic E-state index is 11.7. The van der Waals surface area contributed by atoms with Crippen molar-refractivity contribution in [3.05, 3.63) is 27.6 Å². The highest BCUT2D eigenvalue weighted by Crippen LogP contribution is 2.33. The van der Waals surface area contributed by atoms with Gasteiger partial charge in [-0.2, -0.15) is 4.72 Å². The van der Waals surface area contributed by atoms with Gasteiger partial charge in [0.2, 0.25) is 10.0 Å². The van der Waals surface area contributed by atoms with E-state index in [1.165, 1.54) is 0 Å². The van der Waals surface area contributed by atoms with E-state index in [4.69, 9.17) is 17.1 Å².